The molecule has 1 aliphatic heterocycles. The van der Waals surface area contributed by atoms with E-state index in [0.29, 0.717) is 37.3 Å². The van der Waals surface area contributed by atoms with Gasteiger partial charge in [-0.1, -0.05) is 41.6 Å². The summed E-state index contributed by atoms with van der Waals surface area (Å²) in [6, 6.07) is 13.9. The van der Waals surface area contributed by atoms with Crippen molar-refractivity contribution in [3.05, 3.63) is 54.4 Å². The Kier molecular flexibility index (Phi) is 3.89. The number of piperazine rings is 1. The van der Waals surface area contributed by atoms with E-state index in [1.165, 1.54) is 6.33 Å². The summed E-state index contributed by atoms with van der Waals surface area (Å²) in [4.78, 5) is 25.8. The molecule has 0 N–H and O–H groups in total. The number of aryl methyl sites for hydroxylation is 1. The average molecular weight is 373 g/mol. The van der Waals surface area contributed by atoms with Crippen LogP contribution in [0.3, 0.4) is 0 Å². The molecule has 8 nitrogen and oxygen atoms in total. The second-order valence-electron chi connectivity index (χ2n) is 6.89. The molecule has 0 bridgehead atoms. The minimum atomic E-state index is 0.0730. The zero-order valence-electron chi connectivity index (χ0n) is 15.5. The molecule has 1 aliphatic rings. The number of hydrogen-bond donors (Lipinski definition) is 0. The first kappa shape index (κ1) is 16.6. The van der Waals surface area contributed by atoms with Crippen LogP contribution in [0, 0.1) is 0 Å². The lowest BCUT2D eigenvalue weighted by atomic mass is 10.0. The number of carbonyl (C=O) groups excluding carboxylic acids is 1. The smallest absolute Gasteiger partial charge is 0.254 e. The van der Waals surface area contributed by atoms with Crippen LogP contribution in [-0.2, 0) is 7.05 Å². The van der Waals surface area contributed by atoms with Crippen molar-refractivity contribution in [3.63, 3.8) is 0 Å². The second-order valence-corrected chi connectivity index (χ2v) is 6.89. The topological polar surface area (TPSA) is 80.0 Å². The Morgan fingerprint density at radius 2 is 1.75 bits per heavy atom. The van der Waals surface area contributed by atoms with Gasteiger partial charge in [0.15, 0.2) is 17.0 Å². The molecule has 0 radical (unpaired) electrons. The summed E-state index contributed by atoms with van der Waals surface area (Å²) < 4.78 is 1.64. The summed E-state index contributed by atoms with van der Waals surface area (Å²) in [6.45, 7) is 2.65. The van der Waals surface area contributed by atoms with E-state index >= 15 is 0 Å². The lowest BCUT2D eigenvalue weighted by molar-refractivity contribution is 0.0748. The van der Waals surface area contributed by atoms with E-state index in [9.17, 15) is 4.79 Å². The van der Waals surface area contributed by atoms with Crippen LogP contribution in [0.25, 0.3) is 21.9 Å². The largest absolute Gasteiger partial charge is 0.351 e. The van der Waals surface area contributed by atoms with Crippen LogP contribution in [0.2, 0.25) is 0 Å². The van der Waals surface area contributed by atoms with Crippen molar-refractivity contribution in [2.45, 2.75) is 0 Å². The molecule has 8 heteroatoms. The van der Waals surface area contributed by atoms with Gasteiger partial charge in [0.05, 0.1) is 0 Å². The van der Waals surface area contributed by atoms with Crippen LogP contribution >= 0.6 is 0 Å². The molecule has 0 unspecified atom stereocenters. The first-order valence-electron chi connectivity index (χ1n) is 9.25. The normalized spacial score (nSPS) is 14.8. The van der Waals surface area contributed by atoms with Crippen LogP contribution in [-0.4, -0.2) is 61.9 Å². The number of amides is 1. The molecule has 2 aromatic carbocycles. The fraction of sp³-hybridized carbons (Fsp3) is 0.250. The maximum Gasteiger partial charge on any atom is 0.254 e. The molecule has 1 fully saturated rings. The molecular weight excluding hydrogens is 354 g/mol. The summed E-state index contributed by atoms with van der Waals surface area (Å²) in [7, 11) is 1.81. The predicted molar refractivity (Wildman–Crippen MR) is 106 cm³/mol. The number of carbonyl (C=O) groups is 1. The number of fused-ring (bicyclic) bond motifs is 2. The third-order valence-electron chi connectivity index (χ3n) is 5.26. The standard InChI is InChI=1S/C20H19N7O/c1-25-18-17(23-24-25)19(22-13-21-18)26-9-11-27(12-10-26)20(28)16-8-4-6-14-5-2-3-7-15(14)16/h2-8,13H,9-12H2,1H3. The van der Waals surface area contributed by atoms with Gasteiger partial charge in [-0.25, -0.2) is 14.6 Å². The molecule has 1 saturated heterocycles. The summed E-state index contributed by atoms with van der Waals surface area (Å²) >= 11 is 0. The van der Waals surface area contributed by atoms with Gasteiger partial charge in [-0.3, -0.25) is 4.79 Å². The van der Waals surface area contributed by atoms with Gasteiger partial charge in [-0.05, 0) is 16.8 Å². The highest BCUT2D eigenvalue weighted by atomic mass is 16.2. The highest BCUT2D eigenvalue weighted by molar-refractivity contribution is 6.07. The molecule has 0 aliphatic carbocycles. The van der Waals surface area contributed by atoms with Gasteiger partial charge in [0.1, 0.15) is 6.33 Å². The molecule has 0 atom stereocenters. The van der Waals surface area contributed by atoms with Crippen molar-refractivity contribution < 1.29 is 4.79 Å². The zero-order valence-corrected chi connectivity index (χ0v) is 15.5. The fourth-order valence-electron chi connectivity index (χ4n) is 3.78. The number of benzene rings is 2. The zero-order chi connectivity index (χ0) is 19.1. The minimum absolute atomic E-state index is 0.0730. The van der Waals surface area contributed by atoms with Gasteiger partial charge in [-0.2, -0.15) is 0 Å². The predicted octanol–water partition coefficient (Wildman–Crippen LogP) is 1.87. The summed E-state index contributed by atoms with van der Waals surface area (Å²) in [6.07, 6.45) is 1.54. The Hall–Kier alpha value is -3.55. The second kappa shape index (κ2) is 6.56. The maximum absolute atomic E-state index is 13.1. The molecule has 5 rings (SSSR count). The first-order valence-corrected chi connectivity index (χ1v) is 9.25. The molecule has 1 amide bonds. The molecule has 0 spiro atoms. The number of rotatable bonds is 2. The SMILES string of the molecule is Cn1nnc2c(N3CCN(C(=O)c4cccc5ccccc45)CC3)ncnc21. The number of hydrogen-bond acceptors (Lipinski definition) is 6. The van der Waals surface area contributed by atoms with Crippen molar-refractivity contribution in [1.82, 2.24) is 29.9 Å². The maximum atomic E-state index is 13.1. The van der Waals surface area contributed by atoms with Crippen LogP contribution in [0.4, 0.5) is 5.82 Å². The molecule has 3 heterocycles. The van der Waals surface area contributed by atoms with Gasteiger partial charge in [0, 0.05) is 38.8 Å². The van der Waals surface area contributed by atoms with Crippen LogP contribution in [0.5, 0.6) is 0 Å². The lowest BCUT2D eigenvalue weighted by Gasteiger charge is -2.35. The van der Waals surface area contributed by atoms with Crippen LogP contribution < -0.4 is 4.90 Å². The van der Waals surface area contributed by atoms with Gasteiger partial charge < -0.3 is 9.80 Å². The van der Waals surface area contributed by atoms with Crippen LogP contribution in [0.1, 0.15) is 10.4 Å². The Labute approximate surface area is 161 Å². The Morgan fingerprint density at radius 1 is 0.964 bits per heavy atom. The molecular formula is C20H19N7O. The Bertz CT molecular complexity index is 1170. The lowest BCUT2D eigenvalue weighted by Crippen LogP contribution is -2.49. The van der Waals surface area contributed by atoms with E-state index in [-0.39, 0.29) is 5.91 Å². The Balaban J connectivity index is 1.37. The van der Waals surface area contributed by atoms with Gasteiger partial charge in [0.2, 0.25) is 0 Å². The third kappa shape index (κ3) is 2.65. The molecule has 140 valence electrons. The molecule has 2 aromatic heterocycles. The summed E-state index contributed by atoms with van der Waals surface area (Å²) in [5.74, 6) is 0.846. The fourth-order valence-corrected chi connectivity index (χ4v) is 3.78. The highest BCUT2D eigenvalue weighted by Gasteiger charge is 2.25. The number of anilines is 1. The van der Waals surface area contributed by atoms with Crippen molar-refractivity contribution in [2.24, 2.45) is 7.05 Å². The molecule has 0 saturated carbocycles. The molecule has 4 aromatic rings. The van der Waals surface area contributed by atoms with E-state index in [4.69, 9.17) is 0 Å². The van der Waals surface area contributed by atoms with Gasteiger partial charge in [0.25, 0.3) is 5.91 Å². The Morgan fingerprint density at radius 3 is 2.61 bits per heavy atom. The minimum Gasteiger partial charge on any atom is -0.351 e. The van der Waals surface area contributed by atoms with Crippen molar-refractivity contribution in [3.8, 4) is 0 Å². The van der Waals surface area contributed by atoms with Gasteiger partial charge >= 0.3 is 0 Å². The van der Waals surface area contributed by atoms with E-state index in [1.807, 2.05) is 54.4 Å². The number of nitrogens with zero attached hydrogens (tertiary/aromatic N) is 7. The van der Waals surface area contributed by atoms with Crippen molar-refractivity contribution in [1.29, 1.82) is 0 Å². The third-order valence-corrected chi connectivity index (χ3v) is 5.26. The number of aromatic nitrogens is 5. The first-order chi connectivity index (χ1) is 13.7. The average Bonchev–Trinajstić information content (AvgIpc) is 3.14. The highest BCUT2D eigenvalue weighted by Crippen LogP contribution is 2.23. The summed E-state index contributed by atoms with van der Waals surface area (Å²) in [5.41, 5.74) is 2.16. The van der Waals surface area contributed by atoms with E-state index in [1.54, 1.807) is 4.68 Å². The van der Waals surface area contributed by atoms with E-state index in [2.05, 4.69) is 25.2 Å². The quantitative estimate of drug-likeness (QED) is 0.534. The van der Waals surface area contributed by atoms with E-state index in [0.717, 1.165) is 22.2 Å². The van der Waals surface area contributed by atoms with Gasteiger partial charge in [-0.15, -0.1) is 5.10 Å². The molecule has 28 heavy (non-hydrogen) atoms. The van der Waals surface area contributed by atoms with Crippen LogP contribution in [0.15, 0.2) is 48.8 Å². The monoisotopic (exact) mass is 373 g/mol. The van der Waals surface area contributed by atoms with E-state index < -0.39 is 0 Å². The summed E-state index contributed by atoms with van der Waals surface area (Å²) in [5, 5.41) is 10.3. The van der Waals surface area contributed by atoms with Crippen molar-refractivity contribution >= 4 is 33.7 Å². The van der Waals surface area contributed by atoms with Crippen molar-refractivity contribution in [2.75, 3.05) is 31.1 Å².